The monoisotopic (exact) mass is 250 g/mol. The van der Waals surface area contributed by atoms with Gasteiger partial charge in [-0.25, -0.2) is 0 Å². The number of rotatable bonds is 2. The summed E-state index contributed by atoms with van der Waals surface area (Å²) in [6.07, 6.45) is 0. The molecule has 0 bridgehead atoms. The van der Waals surface area contributed by atoms with Crippen molar-refractivity contribution in [3.05, 3.63) is 23.8 Å². The summed E-state index contributed by atoms with van der Waals surface area (Å²) in [6.45, 7) is 9.85. The van der Waals surface area contributed by atoms with Crippen molar-refractivity contribution >= 4 is 11.4 Å². The number of nitrogens with one attached hydrogen (secondary N) is 1. The fraction of sp³-hybridized carbons (Fsp3) is 0.571. The summed E-state index contributed by atoms with van der Waals surface area (Å²) >= 11 is 0. The molecule has 1 aliphatic rings. The molecule has 0 amide bonds. The summed E-state index contributed by atoms with van der Waals surface area (Å²) in [7, 11) is 0. The fourth-order valence-corrected chi connectivity index (χ4v) is 2.11. The lowest BCUT2D eigenvalue weighted by molar-refractivity contribution is 0.122. The van der Waals surface area contributed by atoms with Gasteiger partial charge in [0.15, 0.2) is 0 Å². The van der Waals surface area contributed by atoms with Gasteiger partial charge < -0.3 is 9.64 Å². The van der Waals surface area contributed by atoms with Crippen LogP contribution in [-0.2, 0) is 10.2 Å². The van der Waals surface area contributed by atoms with E-state index in [1.807, 2.05) is 12.1 Å². The highest BCUT2D eigenvalue weighted by molar-refractivity contribution is 5.61. The van der Waals surface area contributed by atoms with Crippen molar-refractivity contribution in [2.45, 2.75) is 26.2 Å². The zero-order valence-corrected chi connectivity index (χ0v) is 11.4. The van der Waals surface area contributed by atoms with Crippen molar-refractivity contribution in [3.63, 3.8) is 0 Å². The van der Waals surface area contributed by atoms with Crippen LogP contribution in [0.1, 0.15) is 26.3 Å². The smallest absolute Gasteiger partial charge is 0.0642 e. The Bertz CT molecular complexity index is 407. The number of benzene rings is 1. The van der Waals surface area contributed by atoms with Gasteiger partial charge in [0.05, 0.1) is 18.9 Å². The molecule has 4 nitrogen and oxygen atoms in total. The number of morpholine rings is 1. The Balaban J connectivity index is 2.34. The second-order valence-corrected chi connectivity index (χ2v) is 5.73. The van der Waals surface area contributed by atoms with Crippen molar-refractivity contribution in [3.8, 4) is 0 Å². The largest absolute Gasteiger partial charge is 0.378 e. The standard InChI is InChI=1S/C14H22N2O2/c1-14(2,3)11-8-12(15-17)10-13(9-11)16-4-6-18-7-5-16/h8-10,15,17H,4-7H2,1-3H3. The van der Waals surface area contributed by atoms with E-state index in [1.54, 1.807) is 0 Å². The highest BCUT2D eigenvalue weighted by Crippen LogP contribution is 2.30. The Kier molecular flexibility index (Phi) is 3.78. The van der Waals surface area contributed by atoms with Crippen molar-refractivity contribution in [1.82, 2.24) is 0 Å². The maximum atomic E-state index is 9.16. The lowest BCUT2D eigenvalue weighted by Gasteiger charge is -2.31. The van der Waals surface area contributed by atoms with Gasteiger partial charge in [0.25, 0.3) is 0 Å². The molecule has 18 heavy (non-hydrogen) atoms. The first-order chi connectivity index (χ1) is 8.50. The summed E-state index contributed by atoms with van der Waals surface area (Å²) in [5.41, 5.74) is 5.42. The van der Waals surface area contributed by atoms with Crippen molar-refractivity contribution in [2.75, 3.05) is 36.7 Å². The Labute approximate surface area is 109 Å². The van der Waals surface area contributed by atoms with E-state index in [2.05, 4.69) is 37.2 Å². The van der Waals surface area contributed by atoms with Crippen LogP contribution in [0.15, 0.2) is 18.2 Å². The van der Waals surface area contributed by atoms with Gasteiger partial charge >= 0.3 is 0 Å². The van der Waals surface area contributed by atoms with E-state index in [-0.39, 0.29) is 5.41 Å². The van der Waals surface area contributed by atoms with Gasteiger partial charge in [-0.15, -0.1) is 0 Å². The molecule has 2 rings (SSSR count). The van der Waals surface area contributed by atoms with Gasteiger partial charge in [-0.2, -0.15) is 0 Å². The van der Waals surface area contributed by atoms with Crippen LogP contribution in [-0.4, -0.2) is 31.5 Å². The summed E-state index contributed by atoms with van der Waals surface area (Å²) < 4.78 is 5.37. The summed E-state index contributed by atoms with van der Waals surface area (Å²) in [6, 6.07) is 6.16. The first-order valence-corrected chi connectivity index (χ1v) is 6.39. The van der Waals surface area contributed by atoms with Gasteiger partial charge in [-0.05, 0) is 29.2 Å². The van der Waals surface area contributed by atoms with Crippen LogP contribution in [0, 0.1) is 0 Å². The summed E-state index contributed by atoms with van der Waals surface area (Å²) in [4.78, 5) is 2.29. The third-order valence-corrected chi connectivity index (χ3v) is 3.29. The molecule has 0 spiro atoms. The van der Waals surface area contributed by atoms with Crippen LogP contribution in [0.25, 0.3) is 0 Å². The predicted octanol–water partition coefficient (Wildman–Crippen LogP) is 2.62. The van der Waals surface area contributed by atoms with Crippen LogP contribution in [0.4, 0.5) is 11.4 Å². The maximum Gasteiger partial charge on any atom is 0.0642 e. The molecule has 1 fully saturated rings. The number of hydrogen-bond donors (Lipinski definition) is 2. The second kappa shape index (κ2) is 5.16. The van der Waals surface area contributed by atoms with Gasteiger partial charge in [0.2, 0.25) is 0 Å². The van der Waals surface area contributed by atoms with Gasteiger partial charge in [-0.1, -0.05) is 20.8 Å². The lowest BCUT2D eigenvalue weighted by Crippen LogP contribution is -2.36. The Morgan fingerprint density at radius 3 is 2.39 bits per heavy atom. The van der Waals surface area contributed by atoms with Gasteiger partial charge in [0, 0.05) is 18.8 Å². The average Bonchev–Trinajstić information content (AvgIpc) is 2.38. The molecule has 0 saturated carbocycles. The maximum absolute atomic E-state index is 9.16. The first kappa shape index (κ1) is 13.2. The Morgan fingerprint density at radius 1 is 1.17 bits per heavy atom. The molecule has 0 radical (unpaired) electrons. The molecule has 0 unspecified atom stereocenters. The van der Waals surface area contributed by atoms with E-state index in [0.717, 1.165) is 37.7 Å². The summed E-state index contributed by atoms with van der Waals surface area (Å²) in [5.74, 6) is 0. The number of nitrogens with zero attached hydrogens (tertiary/aromatic N) is 1. The minimum Gasteiger partial charge on any atom is -0.378 e. The molecule has 1 aromatic carbocycles. The number of anilines is 2. The number of hydrogen-bond acceptors (Lipinski definition) is 4. The molecule has 2 N–H and O–H groups in total. The second-order valence-electron chi connectivity index (χ2n) is 5.73. The lowest BCUT2D eigenvalue weighted by atomic mass is 9.86. The van der Waals surface area contributed by atoms with Crippen molar-refractivity contribution in [1.29, 1.82) is 0 Å². The van der Waals surface area contributed by atoms with Crippen LogP contribution in [0.2, 0.25) is 0 Å². The average molecular weight is 250 g/mol. The van der Waals surface area contributed by atoms with Crippen LogP contribution in [0.5, 0.6) is 0 Å². The SMILES string of the molecule is CC(C)(C)c1cc(NO)cc(N2CCOCC2)c1. The quantitative estimate of drug-likeness (QED) is 0.792. The topological polar surface area (TPSA) is 44.7 Å². The Morgan fingerprint density at radius 2 is 1.83 bits per heavy atom. The normalized spacial score (nSPS) is 16.8. The first-order valence-electron chi connectivity index (χ1n) is 6.39. The van der Waals surface area contributed by atoms with E-state index in [1.165, 1.54) is 5.56 Å². The highest BCUT2D eigenvalue weighted by atomic mass is 16.5. The molecule has 100 valence electrons. The van der Waals surface area contributed by atoms with E-state index in [0.29, 0.717) is 0 Å². The molecule has 0 aromatic heterocycles. The number of ether oxygens (including phenoxy) is 1. The molecule has 1 saturated heterocycles. The Hall–Kier alpha value is -1.26. The van der Waals surface area contributed by atoms with Crippen LogP contribution in [0.3, 0.4) is 0 Å². The minimum atomic E-state index is 0.0634. The van der Waals surface area contributed by atoms with Gasteiger partial charge in [0.1, 0.15) is 0 Å². The molecular formula is C14H22N2O2. The van der Waals surface area contributed by atoms with Crippen molar-refractivity contribution < 1.29 is 9.94 Å². The van der Waals surface area contributed by atoms with Crippen LogP contribution >= 0.6 is 0 Å². The minimum absolute atomic E-state index is 0.0634. The third kappa shape index (κ3) is 2.94. The molecule has 4 heteroatoms. The van der Waals surface area contributed by atoms with E-state index < -0.39 is 0 Å². The zero-order chi connectivity index (χ0) is 13.2. The van der Waals surface area contributed by atoms with E-state index >= 15 is 0 Å². The molecule has 1 aliphatic heterocycles. The van der Waals surface area contributed by atoms with E-state index in [9.17, 15) is 0 Å². The van der Waals surface area contributed by atoms with Crippen molar-refractivity contribution in [2.24, 2.45) is 0 Å². The highest BCUT2D eigenvalue weighted by Gasteiger charge is 2.18. The molecular weight excluding hydrogens is 228 g/mol. The summed E-state index contributed by atoms with van der Waals surface area (Å²) in [5, 5.41) is 9.16. The molecule has 0 aliphatic carbocycles. The molecule has 0 atom stereocenters. The van der Waals surface area contributed by atoms with Gasteiger partial charge in [-0.3, -0.25) is 10.7 Å². The van der Waals surface area contributed by atoms with Crippen LogP contribution < -0.4 is 10.4 Å². The zero-order valence-electron chi connectivity index (χ0n) is 11.4. The fourth-order valence-electron chi connectivity index (χ4n) is 2.11. The molecule has 1 aromatic rings. The predicted molar refractivity (Wildman–Crippen MR) is 73.6 cm³/mol. The third-order valence-electron chi connectivity index (χ3n) is 3.29. The molecule has 1 heterocycles. The van der Waals surface area contributed by atoms with E-state index in [4.69, 9.17) is 9.94 Å².